The molecule has 0 unspecified atom stereocenters. The predicted octanol–water partition coefficient (Wildman–Crippen LogP) is 4.86. The highest BCUT2D eigenvalue weighted by Gasteiger charge is 2.33. The van der Waals surface area contributed by atoms with Gasteiger partial charge in [-0.3, -0.25) is 4.90 Å². The van der Waals surface area contributed by atoms with Crippen LogP contribution in [0.5, 0.6) is 0 Å². The lowest BCUT2D eigenvalue weighted by Gasteiger charge is -2.35. The average molecular weight is 424 g/mol. The van der Waals surface area contributed by atoms with Gasteiger partial charge in [-0.1, -0.05) is 28.1 Å². The minimum Gasteiger partial charge on any atom is -0.444 e. The molecule has 1 atom stereocenters. The zero-order valence-electron chi connectivity index (χ0n) is 14.6. The Morgan fingerprint density at radius 2 is 2.08 bits per heavy atom. The summed E-state index contributed by atoms with van der Waals surface area (Å²) in [5.74, 6) is 2.53. The molecule has 0 aliphatic carbocycles. The molecule has 5 nitrogen and oxygen atoms in total. The summed E-state index contributed by atoms with van der Waals surface area (Å²) < 4.78 is 6.60. The smallest absolute Gasteiger partial charge is 0.410 e. The third kappa shape index (κ3) is 4.58. The maximum atomic E-state index is 12.6. The van der Waals surface area contributed by atoms with E-state index in [9.17, 15) is 4.79 Å². The quantitative estimate of drug-likeness (QED) is 0.748. The summed E-state index contributed by atoms with van der Waals surface area (Å²) in [7, 11) is 0. The first kappa shape index (κ1) is 18.3. The Labute approximate surface area is 160 Å². The predicted molar refractivity (Wildman–Crippen MR) is 105 cm³/mol. The van der Waals surface area contributed by atoms with Crippen molar-refractivity contribution in [2.45, 2.75) is 32.4 Å². The van der Waals surface area contributed by atoms with E-state index < -0.39 is 5.60 Å². The Hall–Kier alpha value is -1.47. The molecule has 0 bridgehead atoms. The Morgan fingerprint density at radius 3 is 2.76 bits per heavy atom. The number of amides is 1. The molecule has 1 aliphatic heterocycles. The SMILES string of the molecule is CC(C)(C)OC(=O)N1CCSC[C@H]1c1ncc(-c2ccc(Br)cc2)[nH]1. The van der Waals surface area contributed by atoms with Crippen molar-refractivity contribution in [2.75, 3.05) is 18.1 Å². The van der Waals surface area contributed by atoms with E-state index in [2.05, 4.69) is 25.9 Å². The first-order chi connectivity index (χ1) is 11.8. The lowest BCUT2D eigenvalue weighted by atomic mass is 10.2. The van der Waals surface area contributed by atoms with Gasteiger partial charge >= 0.3 is 6.09 Å². The van der Waals surface area contributed by atoms with Gasteiger partial charge in [0.2, 0.25) is 0 Å². The van der Waals surface area contributed by atoms with E-state index in [1.54, 1.807) is 4.90 Å². The Morgan fingerprint density at radius 1 is 1.36 bits per heavy atom. The summed E-state index contributed by atoms with van der Waals surface area (Å²) in [4.78, 5) is 22.3. The van der Waals surface area contributed by atoms with E-state index in [1.165, 1.54) is 0 Å². The van der Waals surface area contributed by atoms with Crippen molar-refractivity contribution in [1.82, 2.24) is 14.9 Å². The number of hydrogen-bond acceptors (Lipinski definition) is 4. The molecular formula is C18H22BrN3O2S. The highest BCUT2D eigenvalue weighted by molar-refractivity contribution is 9.10. The van der Waals surface area contributed by atoms with E-state index in [-0.39, 0.29) is 12.1 Å². The molecule has 0 radical (unpaired) electrons. The van der Waals surface area contributed by atoms with Crippen LogP contribution in [0.3, 0.4) is 0 Å². The van der Waals surface area contributed by atoms with Crippen LogP contribution in [0.15, 0.2) is 34.9 Å². The summed E-state index contributed by atoms with van der Waals surface area (Å²) in [6.45, 7) is 6.32. The van der Waals surface area contributed by atoms with Crippen LogP contribution in [0, 0.1) is 0 Å². The molecule has 1 fully saturated rings. The number of benzene rings is 1. The summed E-state index contributed by atoms with van der Waals surface area (Å²) in [6, 6.07) is 7.96. The van der Waals surface area contributed by atoms with Gasteiger partial charge in [0.15, 0.2) is 0 Å². The monoisotopic (exact) mass is 423 g/mol. The summed E-state index contributed by atoms with van der Waals surface area (Å²) >= 11 is 5.28. The number of nitrogens with one attached hydrogen (secondary N) is 1. The maximum absolute atomic E-state index is 12.6. The second-order valence-corrected chi connectivity index (χ2v) is 9.02. The molecule has 25 heavy (non-hydrogen) atoms. The van der Waals surface area contributed by atoms with Crippen LogP contribution in [0.1, 0.15) is 32.6 Å². The number of halogens is 1. The largest absolute Gasteiger partial charge is 0.444 e. The molecule has 1 aromatic heterocycles. The molecule has 1 saturated heterocycles. The van der Waals surface area contributed by atoms with E-state index in [1.807, 2.05) is 63.0 Å². The van der Waals surface area contributed by atoms with Gasteiger partial charge in [-0.2, -0.15) is 11.8 Å². The minimum atomic E-state index is -0.502. The number of rotatable bonds is 2. The van der Waals surface area contributed by atoms with Gasteiger partial charge in [-0.05, 0) is 38.5 Å². The highest BCUT2D eigenvalue weighted by atomic mass is 79.9. The van der Waals surface area contributed by atoms with Gasteiger partial charge in [-0.25, -0.2) is 9.78 Å². The molecule has 3 rings (SSSR count). The second-order valence-electron chi connectivity index (χ2n) is 6.95. The molecule has 1 aliphatic rings. The van der Waals surface area contributed by atoms with Gasteiger partial charge in [-0.15, -0.1) is 0 Å². The second kappa shape index (κ2) is 7.41. The van der Waals surface area contributed by atoms with Crippen molar-refractivity contribution in [3.63, 3.8) is 0 Å². The number of carbonyl (C=O) groups excluding carboxylic acids is 1. The zero-order valence-corrected chi connectivity index (χ0v) is 17.0. The Kier molecular flexibility index (Phi) is 5.43. The fraction of sp³-hybridized carbons (Fsp3) is 0.444. The minimum absolute atomic E-state index is 0.0993. The molecule has 1 N–H and O–H groups in total. The number of thioether (sulfide) groups is 1. The summed E-state index contributed by atoms with van der Waals surface area (Å²) in [5, 5.41) is 0. The molecule has 1 amide bonds. The van der Waals surface area contributed by atoms with Crippen LogP contribution < -0.4 is 0 Å². The van der Waals surface area contributed by atoms with Gasteiger partial charge in [0.05, 0.1) is 11.9 Å². The summed E-state index contributed by atoms with van der Waals surface area (Å²) in [6.07, 6.45) is 1.55. The lowest BCUT2D eigenvalue weighted by molar-refractivity contribution is 0.0178. The van der Waals surface area contributed by atoms with Crippen LogP contribution >= 0.6 is 27.7 Å². The third-order valence-electron chi connectivity index (χ3n) is 3.82. The number of imidazole rings is 1. The normalized spacial score (nSPS) is 18.2. The molecule has 134 valence electrons. The van der Waals surface area contributed by atoms with E-state index in [0.717, 1.165) is 33.1 Å². The molecule has 2 heterocycles. The molecule has 0 spiro atoms. The van der Waals surface area contributed by atoms with Gasteiger partial charge in [0.1, 0.15) is 17.5 Å². The number of carbonyl (C=O) groups is 1. The van der Waals surface area contributed by atoms with Gasteiger partial charge in [0, 0.05) is 22.5 Å². The topological polar surface area (TPSA) is 58.2 Å². The van der Waals surface area contributed by atoms with Crippen molar-refractivity contribution in [3.8, 4) is 11.3 Å². The molecule has 0 saturated carbocycles. The molecule has 2 aromatic rings. The highest BCUT2D eigenvalue weighted by Crippen LogP contribution is 2.31. The summed E-state index contributed by atoms with van der Waals surface area (Å²) in [5.41, 5.74) is 1.51. The van der Waals surface area contributed by atoms with E-state index in [0.29, 0.717) is 6.54 Å². The number of nitrogens with zero attached hydrogens (tertiary/aromatic N) is 2. The van der Waals surface area contributed by atoms with E-state index >= 15 is 0 Å². The molecule has 1 aromatic carbocycles. The Balaban J connectivity index is 1.81. The van der Waals surface area contributed by atoms with Gasteiger partial charge < -0.3 is 9.72 Å². The van der Waals surface area contributed by atoms with Crippen molar-refractivity contribution < 1.29 is 9.53 Å². The number of aromatic nitrogens is 2. The first-order valence-corrected chi connectivity index (χ1v) is 10.2. The van der Waals surface area contributed by atoms with Crippen LogP contribution in [-0.4, -0.2) is 44.6 Å². The van der Waals surface area contributed by atoms with Gasteiger partial charge in [0.25, 0.3) is 0 Å². The van der Waals surface area contributed by atoms with Crippen LogP contribution in [0.4, 0.5) is 4.79 Å². The number of hydrogen-bond donors (Lipinski definition) is 1. The fourth-order valence-electron chi connectivity index (χ4n) is 2.65. The van der Waals surface area contributed by atoms with Crippen LogP contribution in [0.2, 0.25) is 0 Å². The Bertz CT molecular complexity index is 740. The standard InChI is InChI=1S/C18H22BrN3O2S/c1-18(2,3)24-17(23)22-8-9-25-11-15(22)16-20-10-14(21-16)12-4-6-13(19)7-5-12/h4-7,10,15H,8-9,11H2,1-3H3,(H,20,21)/t15-/m0/s1. The van der Waals surface area contributed by atoms with Crippen molar-refractivity contribution in [2.24, 2.45) is 0 Å². The number of aromatic amines is 1. The molecular weight excluding hydrogens is 402 g/mol. The van der Waals surface area contributed by atoms with Crippen LogP contribution in [0.25, 0.3) is 11.3 Å². The van der Waals surface area contributed by atoms with Crippen LogP contribution in [-0.2, 0) is 4.74 Å². The first-order valence-electron chi connectivity index (χ1n) is 8.22. The fourth-order valence-corrected chi connectivity index (χ4v) is 3.97. The van der Waals surface area contributed by atoms with Crippen molar-refractivity contribution in [1.29, 1.82) is 0 Å². The van der Waals surface area contributed by atoms with E-state index in [4.69, 9.17) is 4.74 Å². The lowest BCUT2D eigenvalue weighted by Crippen LogP contribution is -2.44. The number of H-pyrrole nitrogens is 1. The average Bonchev–Trinajstić information content (AvgIpc) is 3.04. The zero-order chi connectivity index (χ0) is 18.0. The number of ether oxygens (including phenoxy) is 1. The third-order valence-corrected chi connectivity index (χ3v) is 5.37. The van der Waals surface area contributed by atoms with Crippen molar-refractivity contribution in [3.05, 3.63) is 40.8 Å². The van der Waals surface area contributed by atoms with Crippen molar-refractivity contribution >= 4 is 33.8 Å². The molecule has 7 heteroatoms. The maximum Gasteiger partial charge on any atom is 0.410 e.